The Morgan fingerprint density at radius 2 is 2.29 bits per heavy atom. The van der Waals surface area contributed by atoms with Crippen molar-refractivity contribution in [2.45, 2.75) is 25.9 Å². The SMILES string of the molecule is CC(C)Nc1ccc2nc(C3=NC(C(N)=O)CS3)sc2c1. The highest BCUT2D eigenvalue weighted by atomic mass is 32.2. The van der Waals surface area contributed by atoms with E-state index in [1.165, 1.54) is 0 Å². The molecule has 110 valence electrons. The number of thiazole rings is 1. The zero-order valence-corrected chi connectivity index (χ0v) is 13.4. The molecule has 0 aliphatic carbocycles. The van der Waals surface area contributed by atoms with E-state index < -0.39 is 6.04 Å². The van der Waals surface area contributed by atoms with Gasteiger partial charge in [0.1, 0.15) is 16.1 Å². The summed E-state index contributed by atoms with van der Waals surface area (Å²) in [5.74, 6) is 0.239. The molecular weight excluding hydrogens is 304 g/mol. The van der Waals surface area contributed by atoms with Crippen LogP contribution in [0.25, 0.3) is 10.2 Å². The average molecular weight is 320 g/mol. The predicted molar refractivity (Wildman–Crippen MR) is 90.4 cm³/mol. The summed E-state index contributed by atoms with van der Waals surface area (Å²) in [5, 5.41) is 5.06. The van der Waals surface area contributed by atoms with Crippen LogP contribution in [-0.2, 0) is 4.79 Å². The number of carbonyl (C=O) groups excluding carboxylic acids is 1. The van der Waals surface area contributed by atoms with Gasteiger partial charge < -0.3 is 11.1 Å². The van der Waals surface area contributed by atoms with Crippen molar-refractivity contribution >= 4 is 50.0 Å². The lowest BCUT2D eigenvalue weighted by molar-refractivity contribution is -0.118. The molecule has 0 radical (unpaired) electrons. The maximum atomic E-state index is 11.2. The summed E-state index contributed by atoms with van der Waals surface area (Å²) in [6.45, 7) is 4.21. The maximum absolute atomic E-state index is 11.2. The number of thioether (sulfide) groups is 1. The summed E-state index contributed by atoms with van der Waals surface area (Å²) in [4.78, 5) is 20.1. The molecule has 0 saturated heterocycles. The highest BCUT2D eigenvalue weighted by molar-refractivity contribution is 8.15. The summed E-state index contributed by atoms with van der Waals surface area (Å²) >= 11 is 3.14. The summed E-state index contributed by atoms with van der Waals surface area (Å²) in [6, 6.07) is 6.10. The Balaban J connectivity index is 1.91. The molecule has 5 nitrogen and oxygen atoms in total. The Hall–Kier alpha value is -1.60. The molecule has 1 aliphatic heterocycles. The van der Waals surface area contributed by atoms with Crippen LogP contribution in [0.15, 0.2) is 23.2 Å². The third-order valence-electron chi connectivity index (χ3n) is 3.01. The predicted octanol–water partition coefficient (Wildman–Crippen LogP) is 2.46. The normalized spacial score (nSPS) is 18.2. The van der Waals surface area contributed by atoms with Gasteiger partial charge in [0, 0.05) is 17.5 Å². The number of nitrogens with two attached hydrogens (primary N) is 1. The van der Waals surface area contributed by atoms with E-state index in [1.54, 1.807) is 23.1 Å². The second-order valence-corrected chi connectivity index (χ2v) is 7.20. The minimum atomic E-state index is -0.421. The van der Waals surface area contributed by atoms with Gasteiger partial charge in [-0.15, -0.1) is 23.1 Å². The molecule has 7 heteroatoms. The number of primary amides is 1. The minimum absolute atomic E-state index is 0.373. The van der Waals surface area contributed by atoms with Crippen molar-refractivity contribution in [3.8, 4) is 0 Å². The van der Waals surface area contributed by atoms with Crippen molar-refractivity contribution in [2.24, 2.45) is 10.7 Å². The van der Waals surface area contributed by atoms with Gasteiger partial charge in [0.05, 0.1) is 10.2 Å². The number of aliphatic imine (C=N–C) groups is 1. The van der Waals surface area contributed by atoms with Gasteiger partial charge in [0.2, 0.25) is 5.91 Å². The average Bonchev–Trinajstić information content (AvgIpc) is 3.03. The Kier molecular flexibility index (Phi) is 3.86. The van der Waals surface area contributed by atoms with E-state index >= 15 is 0 Å². The minimum Gasteiger partial charge on any atom is -0.383 e. The van der Waals surface area contributed by atoms with Crippen LogP contribution in [0.5, 0.6) is 0 Å². The van der Waals surface area contributed by atoms with E-state index in [0.717, 1.165) is 26.0 Å². The largest absolute Gasteiger partial charge is 0.383 e. The van der Waals surface area contributed by atoms with Crippen molar-refractivity contribution in [3.05, 3.63) is 23.2 Å². The van der Waals surface area contributed by atoms with E-state index in [1.807, 2.05) is 12.1 Å². The number of nitrogens with one attached hydrogen (secondary N) is 1. The van der Waals surface area contributed by atoms with Gasteiger partial charge in [-0.2, -0.15) is 0 Å². The first-order chi connectivity index (χ1) is 10.0. The number of nitrogens with zero attached hydrogens (tertiary/aromatic N) is 2. The number of carbonyl (C=O) groups is 1. The van der Waals surface area contributed by atoms with Crippen LogP contribution in [-0.4, -0.2) is 33.8 Å². The van der Waals surface area contributed by atoms with E-state index in [0.29, 0.717) is 11.8 Å². The van der Waals surface area contributed by atoms with Crippen LogP contribution in [0.4, 0.5) is 5.69 Å². The Bertz CT molecular complexity index is 723. The molecule has 21 heavy (non-hydrogen) atoms. The molecule has 2 heterocycles. The highest BCUT2D eigenvalue weighted by Crippen LogP contribution is 2.31. The number of rotatable bonds is 4. The lowest BCUT2D eigenvalue weighted by atomic mass is 10.2. The molecular formula is C14H16N4OS2. The maximum Gasteiger partial charge on any atom is 0.243 e. The molecule has 0 spiro atoms. The molecule has 1 aromatic carbocycles. The third kappa shape index (κ3) is 3.03. The quantitative estimate of drug-likeness (QED) is 0.907. The van der Waals surface area contributed by atoms with Crippen LogP contribution in [0.3, 0.4) is 0 Å². The van der Waals surface area contributed by atoms with Crippen LogP contribution in [0.1, 0.15) is 18.9 Å². The van der Waals surface area contributed by atoms with Crippen LogP contribution < -0.4 is 11.1 Å². The Morgan fingerprint density at radius 1 is 1.48 bits per heavy atom. The van der Waals surface area contributed by atoms with Crippen molar-refractivity contribution in [3.63, 3.8) is 0 Å². The first kappa shape index (κ1) is 14.3. The van der Waals surface area contributed by atoms with Gasteiger partial charge in [-0.25, -0.2) is 4.98 Å². The van der Waals surface area contributed by atoms with Gasteiger partial charge in [0.25, 0.3) is 0 Å². The standard InChI is InChI=1S/C14H16N4OS2/c1-7(2)16-8-3-4-9-11(5-8)21-14(17-9)13-18-10(6-20-13)12(15)19/h3-5,7,10,16H,6H2,1-2H3,(H2,15,19). The topological polar surface area (TPSA) is 80.4 Å². The van der Waals surface area contributed by atoms with E-state index in [-0.39, 0.29) is 5.91 Å². The Labute approximate surface area is 131 Å². The molecule has 3 N–H and O–H groups in total. The first-order valence-corrected chi connectivity index (χ1v) is 8.50. The van der Waals surface area contributed by atoms with Gasteiger partial charge >= 0.3 is 0 Å². The molecule has 3 rings (SSSR count). The van der Waals surface area contributed by atoms with Gasteiger partial charge in [-0.3, -0.25) is 9.79 Å². The number of benzene rings is 1. The van der Waals surface area contributed by atoms with Gasteiger partial charge in [-0.05, 0) is 32.0 Å². The van der Waals surface area contributed by atoms with Crippen LogP contribution in [0.2, 0.25) is 0 Å². The zero-order valence-electron chi connectivity index (χ0n) is 11.8. The summed E-state index contributed by atoms with van der Waals surface area (Å²) in [7, 11) is 0. The van der Waals surface area contributed by atoms with Crippen molar-refractivity contribution in [2.75, 3.05) is 11.1 Å². The molecule has 1 unspecified atom stereocenters. The number of fused-ring (bicyclic) bond motifs is 1. The zero-order chi connectivity index (χ0) is 15.0. The smallest absolute Gasteiger partial charge is 0.243 e. The summed E-state index contributed by atoms with van der Waals surface area (Å²) < 4.78 is 1.11. The van der Waals surface area contributed by atoms with Crippen molar-refractivity contribution < 1.29 is 4.79 Å². The second kappa shape index (κ2) is 5.65. The third-order valence-corrected chi connectivity index (χ3v) is 5.21. The number of hydrogen-bond donors (Lipinski definition) is 2. The number of hydrogen-bond acceptors (Lipinski definition) is 6. The molecule has 0 bridgehead atoms. The monoisotopic (exact) mass is 320 g/mol. The highest BCUT2D eigenvalue weighted by Gasteiger charge is 2.25. The van der Waals surface area contributed by atoms with Crippen molar-refractivity contribution in [1.29, 1.82) is 0 Å². The molecule has 2 aromatic rings. The molecule has 0 fully saturated rings. The van der Waals surface area contributed by atoms with Crippen LogP contribution in [0, 0.1) is 0 Å². The van der Waals surface area contributed by atoms with Crippen LogP contribution >= 0.6 is 23.1 Å². The second-order valence-electron chi connectivity index (χ2n) is 5.16. The van der Waals surface area contributed by atoms with Gasteiger partial charge in [0.15, 0.2) is 0 Å². The summed E-state index contributed by atoms with van der Waals surface area (Å²) in [5.41, 5.74) is 7.34. The first-order valence-electron chi connectivity index (χ1n) is 6.70. The van der Waals surface area contributed by atoms with E-state index in [9.17, 15) is 4.79 Å². The number of amides is 1. The van der Waals surface area contributed by atoms with Gasteiger partial charge in [-0.1, -0.05) is 0 Å². The lowest BCUT2D eigenvalue weighted by Crippen LogP contribution is -2.26. The summed E-state index contributed by atoms with van der Waals surface area (Å²) in [6.07, 6.45) is 0. The molecule has 1 aromatic heterocycles. The fourth-order valence-electron chi connectivity index (χ4n) is 2.08. The lowest BCUT2D eigenvalue weighted by Gasteiger charge is -2.08. The van der Waals surface area contributed by atoms with E-state index in [4.69, 9.17) is 5.73 Å². The molecule has 1 aliphatic rings. The molecule has 0 saturated carbocycles. The molecule has 1 atom stereocenters. The van der Waals surface area contributed by atoms with E-state index in [2.05, 4.69) is 35.2 Å². The number of aromatic nitrogens is 1. The number of anilines is 1. The van der Waals surface area contributed by atoms with Crippen molar-refractivity contribution in [1.82, 2.24) is 4.98 Å². The Morgan fingerprint density at radius 3 is 2.95 bits per heavy atom. The molecule has 1 amide bonds. The fourth-order valence-corrected chi connectivity index (χ4v) is 4.20. The fraction of sp³-hybridized carbons (Fsp3) is 0.357.